The first-order valence-corrected chi connectivity index (χ1v) is 7.55. The summed E-state index contributed by atoms with van der Waals surface area (Å²) in [5.74, 6) is -0.0159. The van der Waals surface area contributed by atoms with Gasteiger partial charge in [0.25, 0.3) is 0 Å². The fraction of sp³-hybridized carbons (Fsp3) is 0.571. The number of hydrogen-bond donors (Lipinski definition) is 1. The van der Waals surface area contributed by atoms with Crippen LogP contribution in [0.3, 0.4) is 0 Å². The van der Waals surface area contributed by atoms with Crippen LogP contribution in [-0.2, 0) is 16.1 Å². The molecule has 0 radical (unpaired) electrons. The molecular weight excluding hydrogens is 260 g/mol. The van der Waals surface area contributed by atoms with Gasteiger partial charge in [0, 0.05) is 4.88 Å². The second-order valence-electron chi connectivity index (χ2n) is 5.11. The van der Waals surface area contributed by atoms with E-state index in [9.17, 15) is 9.59 Å². The molecule has 1 N–H and O–H groups in total. The first-order chi connectivity index (χ1) is 9.01. The predicted octanol–water partition coefficient (Wildman–Crippen LogP) is 2.15. The monoisotopic (exact) mass is 280 g/mol. The lowest BCUT2D eigenvalue weighted by molar-refractivity contribution is -0.155. The Morgan fingerprint density at radius 3 is 2.68 bits per heavy atom. The van der Waals surface area contributed by atoms with E-state index in [1.165, 1.54) is 0 Å². The zero-order valence-corrected chi connectivity index (χ0v) is 12.4. The number of carbonyl (C=O) groups is 2. The maximum atomic E-state index is 12.6. The lowest BCUT2D eigenvalue weighted by atomic mass is 9.91. The highest BCUT2D eigenvalue weighted by molar-refractivity contribution is 7.09. The van der Waals surface area contributed by atoms with Gasteiger partial charge in [0.05, 0.1) is 6.54 Å². The molecule has 0 aromatic carbocycles. The molecule has 0 saturated carbocycles. The average molecular weight is 280 g/mol. The van der Waals surface area contributed by atoms with Crippen LogP contribution in [0, 0.1) is 0 Å². The van der Waals surface area contributed by atoms with E-state index in [4.69, 9.17) is 0 Å². The quantitative estimate of drug-likeness (QED) is 0.918. The number of rotatable bonds is 4. The highest BCUT2D eigenvalue weighted by Gasteiger charge is 2.46. The minimum atomic E-state index is -0.764. The Labute approximate surface area is 117 Å². The standard InChI is InChI=1S/C14H20N2O2S/c1-4-11-12(17)15-14(3,5-2)13(18)16(11)9-10-7-6-8-19-10/h6-8,11H,4-5,9H2,1-3H3,(H,15,17). The smallest absolute Gasteiger partial charge is 0.249 e. The lowest BCUT2D eigenvalue weighted by Crippen LogP contribution is -2.68. The van der Waals surface area contributed by atoms with Gasteiger partial charge in [-0.1, -0.05) is 19.9 Å². The number of amides is 2. The van der Waals surface area contributed by atoms with Gasteiger partial charge in [-0.2, -0.15) is 0 Å². The molecule has 2 amide bonds. The van der Waals surface area contributed by atoms with Gasteiger partial charge in [0.15, 0.2) is 0 Å². The van der Waals surface area contributed by atoms with Crippen molar-refractivity contribution in [1.29, 1.82) is 0 Å². The number of nitrogens with one attached hydrogen (secondary N) is 1. The van der Waals surface area contributed by atoms with Crippen LogP contribution >= 0.6 is 11.3 Å². The summed E-state index contributed by atoms with van der Waals surface area (Å²) >= 11 is 1.61. The molecule has 1 fully saturated rings. The van der Waals surface area contributed by atoms with E-state index in [0.29, 0.717) is 19.4 Å². The minimum Gasteiger partial charge on any atom is -0.340 e. The molecule has 2 atom stereocenters. The number of piperazine rings is 1. The number of nitrogens with zero attached hydrogens (tertiary/aromatic N) is 1. The van der Waals surface area contributed by atoms with Crippen LogP contribution in [-0.4, -0.2) is 28.3 Å². The normalized spacial score (nSPS) is 27.5. The van der Waals surface area contributed by atoms with Gasteiger partial charge in [-0.25, -0.2) is 0 Å². The van der Waals surface area contributed by atoms with Gasteiger partial charge in [-0.05, 0) is 31.2 Å². The van der Waals surface area contributed by atoms with Gasteiger partial charge in [0.2, 0.25) is 11.8 Å². The third-order valence-electron chi connectivity index (χ3n) is 3.81. The molecule has 0 bridgehead atoms. The Kier molecular flexibility index (Phi) is 3.94. The first-order valence-electron chi connectivity index (χ1n) is 6.67. The summed E-state index contributed by atoms with van der Waals surface area (Å²) in [6.45, 7) is 6.19. The molecule has 5 heteroatoms. The van der Waals surface area contributed by atoms with Crippen LogP contribution in [0.25, 0.3) is 0 Å². The van der Waals surface area contributed by atoms with Gasteiger partial charge in [0.1, 0.15) is 11.6 Å². The SMILES string of the molecule is CCC1C(=O)NC(C)(CC)C(=O)N1Cc1cccs1. The highest BCUT2D eigenvalue weighted by atomic mass is 32.1. The third-order valence-corrected chi connectivity index (χ3v) is 4.67. The zero-order valence-electron chi connectivity index (χ0n) is 11.6. The summed E-state index contributed by atoms with van der Waals surface area (Å²) in [6, 6.07) is 3.61. The number of hydrogen-bond acceptors (Lipinski definition) is 3. The maximum Gasteiger partial charge on any atom is 0.249 e. The van der Waals surface area contributed by atoms with Gasteiger partial charge in [-0.3, -0.25) is 9.59 Å². The van der Waals surface area contributed by atoms with Crippen molar-refractivity contribution in [2.24, 2.45) is 0 Å². The molecule has 4 nitrogen and oxygen atoms in total. The Morgan fingerprint density at radius 1 is 1.42 bits per heavy atom. The van der Waals surface area contributed by atoms with Crippen molar-refractivity contribution in [2.45, 2.75) is 51.7 Å². The van der Waals surface area contributed by atoms with E-state index >= 15 is 0 Å². The van der Waals surface area contributed by atoms with Crippen LogP contribution in [0.15, 0.2) is 17.5 Å². The Balaban J connectivity index is 2.29. The van der Waals surface area contributed by atoms with E-state index in [1.807, 2.05) is 31.4 Å². The topological polar surface area (TPSA) is 49.4 Å². The van der Waals surface area contributed by atoms with Crippen molar-refractivity contribution in [1.82, 2.24) is 10.2 Å². The highest BCUT2D eigenvalue weighted by Crippen LogP contribution is 2.25. The molecule has 0 spiro atoms. The fourth-order valence-electron chi connectivity index (χ4n) is 2.41. The molecule has 1 saturated heterocycles. The van der Waals surface area contributed by atoms with E-state index < -0.39 is 5.54 Å². The maximum absolute atomic E-state index is 12.6. The molecule has 104 valence electrons. The van der Waals surface area contributed by atoms with Crippen molar-refractivity contribution >= 4 is 23.2 Å². The van der Waals surface area contributed by atoms with Crippen molar-refractivity contribution in [3.8, 4) is 0 Å². The molecule has 2 unspecified atom stereocenters. The second kappa shape index (κ2) is 5.33. The molecule has 2 heterocycles. The molecular formula is C14H20N2O2S. The second-order valence-corrected chi connectivity index (χ2v) is 6.14. The van der Waals surface area contributed by atoms with Crippen LogP contribution < -0.4 is 5.32 Å². The molecule has 2 rings (SSSR count). The Hall–Kier alpha value is -1.36. The largest absolute Gasteiger partial charge is 0.340 e. The van der Waals surface area contributed by atoms with Crippen LogP contribution in [0.5, 0.6) is 0 Å². The Bertz CT molecular complexity index is 472. The van der Waals surface area contributed by atoms with Gasteiger partial charge in [-0.15, -0.1) is 11.3 Å². The van der Waals surface area contributed by atoms with Crippen LogP contribution in [0.2, 0.25) is 0 Å². The zero-order chi connectivity index (χ0) is 14.0. The number of thiophene rings is 1. The average Bonchev–Trinajstić information content (AvgIpc) is 2.89. The van der Waals surface area contributed by atoms with Crippen molar-refractivity contribution in [2.75, 3.05) is 0 Å². The van der Waals surface area contributed by atoms with Crippen LogP contribution in [0.1, 0.15) is 38.5 Å². The first kappa shape index (κ1) is 14.1. The summed E-state index contributed by atoms with van der Waals surface area (Å²) in [6.07, 6.45) is 1.25. The molecule has 1 aliphatic rings. The van der Waals surface area contributed by atoms with Gasteiger partial charge < -0.3 is 10.2 Å². The molecule has 0 aliphatic carbocycles. The molecule has 1 aliphatic heterocycles. The summed E-state index contributed by atoms with van der Waals surface area (Å²) in [7, 11) is 0. The summed E-state index contributed by atoms with van der Waals surface area (Å²) < 4.78 is 0. The Morgan fingerprint density at radius 2 is 2.16 bits per heavy atom. The summed E-state index contributed by atoms with van der Waals surface area (Å²) in [4.78, 5) is 27.7. The molecule has 1 aromatic heterocycles. The predicted molar refractivity (Wildman–Crippen MR) is 75.8 cm³/mol. The summed E-state index contributed by atoms with van der Waals surface area (Å²) in [5.41, 5.74) is -0.764. The van der Waals surface area contributed by atoms with E-state index in [2.05, 4.69) is 5.32 Å². The number of carbonyl (C=O) groups excluding carboxylic acids is 2. The minimum absolute atomic E-state index is 0.0230. The summed E-state index contributed by atoms with van der Waals surface area (Å²) in [5, 5.41) is 4.87. The van der Waals surface area contributed by atoms with E-state index in [0.717, 1.165) is 4.88 Å². The van der Waals surface area contributed by atoms with Crippen LogP contribution in [0.4, 0.5) is 0 Å². The van der Waals surface area contributed by atoms with E-state index in [1.54, 1.807) is 23.2 Å². The van der Waals surface area contributed by atoms with Crippen molar-refractivity contribution in [3.63, 3.8) is 0 Å². The van der Waals surface area contributed by atoms with Gasteiger partial charge >= 0.3 is 0 Å². The molecule has 19 heavy (non-hydrogen) atoms. The molecule has 1 aromatic rings. The third kappa shape index (κ3) is 2.52. The van der Waals surface area contributed by atoms with E-state index in [-0.39, 0.29) is 17.9 Å². The van der Waals surface area contributed by atoms with Crippen molar-refractivity contribution in [3.05, 3.63) is 22.4 Å². The van der Waals surface area contributed by atoms with Crippen molar-refractivity contribution < 1.29 is 9.59 Å². The fourth-order valence-corrected chi connectivity index (χ4v) is 3.11. The lowest BCUT2D eigenvalue weighted by Gasteiger charge is -2.43.